The van der Waals surface area contributed by atoms with Gasteiger partial charge >= 0.3 is 0 Å². The van der Waals surface area contributed by atoms with Crippen LogP contribution in [0, 0.1) is 0 Å². The molecule has 0 bridgehead atoms. The monoisotopic (exact) mass is 440 g/mol. The highest BCUT2D eigenvalue weighted by Gasteiger charge is 2.18. The molecular weight excluding hydrogens is 416 g/mol. The number of benzene rings is 3. The quantitative estimate of drug-likeness (QED) is 0.409. The van der Waals surface area contributed by atoms with E-state index in [4.69, 9.17) is 4.74 Å². The van der Waals surface area contributed by atoms with E-state index in [1.165, 1.54) is 0 Å². The van der Waals surface area contributed by atoms with Crippen molar-refractivity contribution in [3.63, 3.8) is 0 Å². The summed E-state index contributed by atoms with van der Waals surface area (Å²) in [4.78, 5) is 25.2. The number of methoxy groups -OCH3 is 1. The molecule has 0 aliphatic rings. The Morgan fingerprint density at radius 2 is 1.42 bits per heavy atom. The zero-order valence-corrected chi connectivity index (χ0v) is 18.2. The number of rotatable bonds is 8. The number of hydrogen-bond acceptors (Lipinski definition) is 4. The van der Waals surface area contributed by atoms with Crippen molar-refractivity contribution in [1.29, 1.82) is 0 Å². The molecule has 2 amide bonds. The summed E-state index contributed by atoms with van der Waals surface area (Å²) in [7, 11) is 1.61. The topological polar surface area (TPSA) is 85.2 Å². The predicted octanol–water partition coefficient (Wildman–Crippen LogP) is 3.71. The lowest BCUT2D eigenvalue weighted by Gasteiger charge is -2.08. The van der Waals surface area contributed by atoms with Crippen LogP contribution in [-0.2, 0) is 0 Å². The summed E-state index contributed by atoms with van der Waals surface area (Å²) in [6.45, 7) is 0.597. The molecule has 0 radical (unpaired) electrons. The molecule has 0 fully saturated rings. The number of hydrogen-bond donors (Lipinski definition) is 2. The molecule has 3 aromatic carbocycles. The summed E-state index contributed by atoms with van der Waals surface area (Å²) >= 11 is 0. The lowest BCUT2D eigenvalue weighted by Crippen LogP contribution is -2.34. The predicted molar refractivity (Wildman–Crippen MR) is 127 cm³/mol. The zero-order chi connectivity index (χ0) is 23.0. The number of para-hydroxylation sites is 1. The Morgan fingerprint density at radius 1 is 0.818 bits per heavy atom. The Bertz CT molecular complexity index is 1220. The summed E-state index contributed by atoms with van der Waals surface area (Å²) in [6.07, 6.45) is 1.72. The fourth-order valence-corrected chi connectivity index (χ4v) is 3.35. The van der Waals surface area contributed by atoms with Crippen LogP contribution in [0.1, 0.15) is 20.7 Å². The molecule has 0 saturated carbocycles. The van der Waals surface area contributed by atoms with Crippen LogP contribution < -0.4 is 15.4 Å². The third-order valence-corrected chi connectivity index (χ3v) is 5.08. The first-order valence-electron chi connectivity index (χ1n) is 10.6. The number of nitrogens with zero attached hydrogens (tertiary/aromatic N) is 2. The molecule has 0 atom stereocenters. The third kappa shape index (κ3) is 5.27. The van der Waals surface area contributed by atoms with Crippen molar-refractivity contribution in [3.8, 4) is 22.7 Å². The Balaban J connectivity index is 1.49. The van der Waals surface area contributed by atoms with Gasteiger partial charge < -0.3 is 15.4 Å². The molecule has 0 aliphatic heterocycles. The molecular formula is C26H24N4O3. The van der Waals surface area contributed by atoms with Gasteiger partial charge in [-0.05, 0) is 48.5 Å². The smallest absolute Gasteiger partial charge is 0.255 e. The number of carbonyl (C=O) groups is 2. The van der Waals surface area contributed by atoms with Crippen molar-refractivity contribution in [2.24, 2.45) is 0 Å². The van der Waals surface area contributed by atoms with Gasteiger partial charge in [0.1, 0.15) is 11.4 Å². The second-order valence-corrected chi connectivity index (χ2v) is 7.28. The molecule has 1 heterocycles. The SMILES string of the molecule is COc1ccc(-c2nn(-c3ccccc3)cc2C(=O)NCCNC(=O)c2ccccc2)cc1. The van der Waals surface area contributed by atoms with Crippen LogP contribution >= 0.6 is 0 Å². The van der Waals surface area contributed by atoms with Crippen molar-refractivity contribution >= 4 is 11.8 Å². The number of nitrogens with one attached hydrogen (secondary N) is 2. The van der Waals surface area contributed by atoms with Crippen LogP contribution in [0.2, 0.25) is 0 Å². The zero-order valence-electron chi connectivity index (χ0n) is 18.2. The lowest BCUT2D eigenvalue weighted by molar-refractivity contribution is 0.0928. The second kappa shape index (κ2) is 10.3. The average molecular weight is 441 g/mol. The minimum Gasteiger partial charge on any atom is -0.497 e. The molecule has 1 aromatic heterocycles. The maximum atomic E-state index is 13.0. The summed E-state index contributed by atoms with van der Waals surface area (Å²) in [5.74, 6) is 0.277. The highest BCUT2D eigenvalue weighted by Crippen LogP contribution is 2.25. The van der Waals surface area contributed by atoms with Gasteiger partial charge in [0, 0.05) is 30.4 Å². The van der Waals surface area contributed by atoms with Gasteiger partial charge in [-0.3, -0.25) is 9.59 Å². The maximum Gasteiger partial charge on any atom is 0.255 e. The minimum atomic E-state index is -0.267. The summed E-state index contributed by atoms with van der Waals surface area (Å²) < 4.78 is 6.92. The standard InChI is InChI=1S/C26H24N4O3/c1-33-22-14-12-19(13-15-22)24-23(18-30(29-24)21-10-6-3-7-11-21)26(32)28-17-16-27-25(31)20-8-4-2-5-9-20/h2-15,18H,16-17H2,1H3,(H,27,31)(H,28,32). The van der Waals surface area contributed by atoms with Gasteiger partial charge in [-0.25, -0.2) is 4.68 Å². The van der Waals surface area contributed by atoms with Crippen LogP contribution in [0.3, 0.4) is 0 Å². The minimum absolute atomic E-state index is 0.180. The largest absolute Gasteiger partial charge is 0.497 e. The van der Waals surface area contributed by atoms with Crippen LogP contribution in [0.25, 0.3) is 16.9 Å². The van der Waals surface area contributed by atoms with E-state index in [-0.39, 0.29) is 18.4 Å². The normalized spacial score (nSPS) is 10.5. The van der Waals surface area contributed by atoms with E-state index in [2.05, 4.69) is 15.7 Å². The second-order valence-electron chi connectivity index (χ2n) is 7.28. The van der Waals surface area contributed by atoms with Crippen LogP contribution in [-0.4, -0.2) is 41.8 Å². The Hall–Kier alpha value is -4.39. The molecule has 0 spiro atoms. The van der Waals surface area contributed by atoms with Gasteiger partial charge in [0.25, 0.3) is 11.8 Å². The maximum absolute atomic E-state index is 13.0. The van der Waals surface area contributed by atoms with Crippen molar-refractivity contribution in [3.05, 3.63) is 102 Å². The highest BCUT2D eigenvalue weighted by atomic mass is 16.5. The van der Waals surface area contributed by atoms with Gasteiger partial charge in [0.05, 0.1) is 18.4 Å². The van der Waals surface area contributed by atoms with Crippen molar-refractivity contribution in [1.82, 2.24) is 20.4 Å². The Labute approximate surface area is 192 Å². The van der Waals surface area contributed by atoms with Crippen molar-refractivity contribution < 1.29 is 14.3 Å². The Morgan fingerprint density at radius 3 is 2.06 bits per heavy atom. The van der Waals surface area contributed by atoms with Gasteiger partial charge in [0.2, 0.25) is 0 Å². The molecule has 166 valence electrons. The number of ether oxygens (including phenoxy) is 1. The molecule has 7 heteroatoms. The van der Waals surface area contributed by atoms with Crippen molar-refractivity contribution in [2.45, 2.75) is 0 Å². The van der Waals surface area contributed by atoms with Gasteiger partial charge in [-0.15, -0.1) is 0 Å². The van der Waals surface area contributed by atoms with E-state index >= 15 is 0 Å². The van der Waals surface area contributed by atoms with E-state index in [1.54, 1.807) is 30.1 Å². The lowest BCUT2D eigenvalue weighted by atomic mass is 10.1. The van der Waals surface area contributed by atoms with E-state index < -0.39 is 0 Å². The van der Waals surface area contributed by atoms with Crippen LogP contribution in [0.4, 0.5) is 0 Å². The van der Waals surface area contributed by atoms with E-state index in [9.17, 15) is 9.59 Å². The molecule has 2 N–H and O–H groups in total. The fourth-order valence-electron chi connectivity index (χ4n) is 3.35. The van der Waals surface area contributed by atoms with E-state index in [0.717, 1.165) is 17.0 Å². The Kier molecular flexibility index (Phi) is 6.80. The van der Waals surface area contributed by atoms with Gasteiger partial charge in [-0.2, -0.15) is 5.10 Å². The van der Waals surface area contributed by atoms with Crippen LogP contribution in [0.15, 0.2) is 91.1 Å². The first-order chi connectivity index (χ1) is 16.2. The van der Waals surface area contributed by atoms with E-state index in [1.807, 2.05) is 72.8 Å². The molecule has 7 nitrogen and oxygen atoms in total. The fraction of sp³-hybridized carbons (Fsp3) is 0.115. The molecule has 4 rings (SSSR count). The molecule has 0 aliphatic carbocycles. The number of aromatic nitrogens is 2. The third-order valence-electron chi connectivity index (χ3n) is 5.08. The van der Waals surface area contributed by atoms with Gasteiger partial charge in [-0.1, -0.05) is 36.4 Å². The molecule has 4 aromatic rings. The first-order valence-corrected chi connectivity index (χ1v) is 10.6. The number of amides is 2. The van der Waals surface area contributed by atoms with Crippen LogP contribution in [0.5, 0.6) is 5.75 Å². The van der Waals surface area contributed by atoms with Gasteiger partial charge in [0.15, 0.2) is 0 Å². The average Bonchev–Trinajstić information content (AvgIpc) is 3.33. The van der Waals surface area contributed by atoms with Crippen molar-refractivity contribution in [2.75, 3.05) is 20.2 Å². The molecule has 0 saturated heterocycles. The molecule has 0 unspecified atom stereocenters. The summed E-state index contributed by atoms with van der Waals surface area (Å²) in [5, 5.41) is 10.3. The summed E-state index contributed by atoms with van der Waals surface area (Å²) in [6, 6.07) is 26.0. The molecule has 33 heavy (non-hydrogen) atoms. The van der Waals surface area contributed by atoms with E-state index in [0.29, 0.717) is 23.4 Å². The highest BCUT2D eigenvalue weighted by molar-refractivity contribution is 6.00. The number of carbonyl (C=O) groups excluding carboxylic acids is 2. The summed E-state index contributed by atoms with van der Waals surface area (Å²) in [5.41, 5.74) is 3.23. The first kappa shape index (κ1) is 21.8.